The van der Waals surface area contributed by atoms with Gasteiger partial charge in [-0.05, 0) is 13.0 Å². The minimum Gasteiger partial charge on any atom is -0.366 e. The van der Waals surface area contributed by atoms with Gasteiger partial charge in [-0.1, -0.05) is 0 Å². The standard InChI is InChI=1S/C18H16F3N9O/c1-10-25-17(28-27-10)12-8-29(4-5-31-12)14-2-3-22-16(26-14)11-6-24-15-7-23-13(9-30(11)15)18(19,20)21/h2-3,6-7,9,12H,4-5,8H2,1H3,(H,25,27,28). The normalized spacial score (nSPS) is 17.4. The summed E-state index contributed by atoms with van der Waals surface area (Å²) in [7, 11) is 0. The van der Waals surface area contributed by atoms with Crippen LogP contribution < -0.4 is 4.90 Å². The minimum absolute atomic E-state index is 0.251. The van der Waals surface area contributed by atoms with Crippen molar-refractivity contribution in [3.8, 4) is 11.5 Å². The Balaban J connectivity index is 1.47. The molecule has 160 valence electrons. The second-order valence-corrected chi connectivity index (χ2v) is 6.96. The fraction of sp³-hybridized carbons (Fsp3) is 0.333. The van der Waals surface area contributed by atoms with Crippen molar-refractivity contribution in [3.05, 3.63) is 48.2 Å². The summed E-state index contributed by atoms with van der Waals surface area (Å²) >= 11 is 0. The molecule has 1 fully saturated rings. The highest BCUT2D eigenvalue weighted by Gasteiger charge is 2.33. The molecule has 1 saturated heterocycles. The topological polar surface area (TPSA) is 110 Å². The molecule has 0 saturated carbocycles. The lowest BCUT2D eigenvalue weighted by Gasteiger charge is -2.32. The molecule has 10 nitrogen and oxygen atoms in total. The average Bonchev–Trinajstić information content (AvgIpc) is 3.39. The van der Waals surface area contributed by atoms with E-state index < -0.39 is 11.9 Å². The van der Waals surface area contributed by atoms with E-state index in [0.717, 1.165) is 12.4 Å². The molecule has 0 spiro atoms. The lowest BCUT2D eigenvalue weighted by molar-refractivity contribution is -0.141. The molecule has 0 amide bonds. The number of halogens is 3. The molecule has 1 aliphatic rings. The third kappa shape index (κ3) is 3.67. The van der Waals surface area contributed by atoms with Crippen LogP contribution >= 0.6 is 0 Å². The van der Waals surface area contributed by atoms with Gasteiger partial charge in [-0.25, -0.2) is 24.9 Å². The van der Waals surface area contributed by atoms with Crippen molar-refractivity contribution >= 4 is 11.5 Å². The number of nitrogens with one attached hydrogen (secondary N) is 1. The summed E-state index contributed by atoms with van der Waals surface area (Å²) in [5.41, 5.74) is -0.421. The first-order valence-corrected chi connectivity index (χ1v) is 9.37. The van der Waals surface area contributed by atoms with E-state index in [4.69, 9.17) is 4.74 Å². The smallest absolute Gasteiger partial charge is 0.366 e. The maximum Gasteiger partial charge on any atom is 0.434 e. The number of aromatic nitrogens is 8. The zero-order valence-corrected chi connectivity index (χ0v) is 16.2. The van der Waals surface area contributed by atoms with Crippen LogP contribution in [0.2, 0.25) is 0 Å². The Morgan fingerprint density at radius 2 is 2.03 bits per heavy atom. The Morgan fingerprint density at radius 3 is 2.81 bits per heavy atom. The predicted octanol–water partition coefficient (Wildman–Crippen LogP) is 2.21. The van der Waals surface area contributed by atoms with E-state index in [2.05, 4.69) is 35.1 Å². The molecule has 0 radical (unpaired) electrons. The number of morpholine rings is 1. The van der Waals surface area contributed by atoms with E-state index in [-0.39, 0.29) is 17.6 Å². The van der Waals surface area contributed by atoms with Gasteiger partial charge >= 0.3 is 6.18 Å². The third-order valence-electron chi connectivity index (χ3n) is 4.85. The Hall–Kier alpha value is -3.61. The lowest BCUT2D eigenvalue weighted by atomic mass is 10.2. The second kappa shape index (κ2) is 7.27. The first-order chi connectivity index (χ1) is 14.9. The van der Waals surface area contributed by atoms with Crippen LogP contribution in [0.5, 0.6) is 0 Å². The summed E-state index contributed by atoms with van der Waals surface area (Å²) in [6.07, 6.45) is 0.0540. The van der Waals surface area contributed by atoms with E-state index in [9.17, 15) is 13.2 Å². The first kappa shape index (κ1) is 19.4. The summed E-state index contributed by atoms with van der Waals surface area (Å²) < 4.78 is 46.3. The van der Waals surface area contributed by atoms with Gasteiger partial charge in [0.15, 0.2) is 23.0 Å². The highest BCUT2D eigenvalue weighted by molar-refractivity contribution is 5.58. The number of ether oxygens (including phenoxy) is 1. The minimum atomic E-state index is -4.57. The monoisotopic (exact) mass is 431 g/mol. The van der Waals surface area contributed by atoms with Crippen molar-refractivity contribution in [1.82, 2.24) is 39.5 Å². The number of fused-ring (bicyclic) bond motifs is 1. The quantitative estimate of drug-likeness (QED) is 0.526. The van der Waals surface area contributed by atoms with E-state index in [0.29, 0.717) is 42.9 Å². The van der Waals surface area contributed by atoms with Crippen molar-refractivity contribution in [2.75, 3.05) is 24.6 Å². The number of alkyl halides is 3. The summed E-state index contributed by atoms with van der Waals surface area (Å²) in [5, 5.41) is 6.96. The van der Waals surface area contributed by atoms with Gasteiger partial charge < -0.3 is 9.64 Å². The molecule has 4 aromatic rings. The molecule has 5 rings (SSSR count). The molecule has 5 heterocycles. The fourth-order valence-electron chi connectivity index (χ4n) is 3.37. The molecule has 4 aromatic heterocycles. The van der Waals surface area contributed by atoms with Crippen molar-refractivity contribution in [2.45, 2.75) is 19.2 Å². The number of H-pyrrole nitrogens is 1. The van der Waals surface area contributed by atoms with E-state index >= 15 is 0 Å². The molecular formula is C18H16F3N9O. The van der Waals surface area contributed by atoms with Gasteiger partial charge in [0.05, 0.1) is 25.5 Å². The van der Waals surface area contributed by atoms with Crippen LogP contribution in [-0.4, -0.2) is 59.2 Å². The van der Waals surface area contributed by atoms with Crippen LogP contribution in [0.4, 0.5) is 19.0 Å². The summed E-state index contributed by atoms with van der Waals surface area (Å²) in [4.78, 5) is 22.7. The number of imidazole rings is 1. The maximum atomic E-state index is 13.1. The Kier molecular flexibility index (Phi) is 4.54. The fourth-order valence-corrected chi connectivity index (χ4v) is 3.37. The van der Waals surface area contributed by atoms with Gasteiger partial charge in [-0.3, -0.25) is 9.50 Å². The Labute approximate surface area is 173 Å². The molecule has 0 bridgehead atoms. The molecule has 0 aliphatic carbocycles. The molecule has 1 unspecified atom stereocenters. The van der Waals surface area contributed by atoms with Gasteiger partial charge in [0.25, 0.3) is 0 Å². The zero-order valence-electron chi connectivity index (χ0n) is 16.2. The average molecular weight is 431 g/mol. The Bertz CT molecular complexity index is 1240. The molecule has 0 aromatic carbocycles. The molecular weight excluding hydrogens is 415 g/mol. The van der Waals surface area contributed by atoms with E-state index in [1.54, 1.807) is 12.3 Å². The summed E-state index contributed by atoms with van der Waals surface area (Å²) in [5.74, 6) is 2.12. The highest BCUT2D eigenvalue weighted by atomic mass is 19.4. The number of hydrogen-bond acceptors (Lipinski definition) is 8. The number of aromatic amines is 1. The Morgan fingerprint density at radius 1 is 1.16 bits per heavy atom. The first-order valence-electron chi connectivity index (χ1n) is 9.37. The van der Waals surface area contributed by atoms with Crippen molar-refractivity contribution < 1.29 is 17.9 Å². The van der Waals surface area contributed by atoms with Gasteiger partial charge in [-0.2, -0.15) is 18.3 Å². The van der Waals surface area contributed by atoms with Crippen LogP contribution in [0, 0.1) is 6.92 Å². The molecule has 1 N–H and O–H groups in total. The predicted molar refractivity (Wildman–Crippen MR) is 101 cm³/mol. The largest absolute Gasteiger partial charge is 0.434 e. The molecule has 13 heteroatoms. The lowest BCUT2D eigenvalue weighted by Crippen LogP contribution is -2.39. The van der Waals surface area contributed by atoms with Crippen LogP contribution in [0.1, 0.15) is 23.4 Å². The molecule has 1 aliphatic heterocycles. The summed E-state index contributed by atoms with van der Waals surface area (Å²) in [6, 6.07) is 1.74. The van der Waals surface area contributed by atoms with Crippen LogP contribution in [0.15, 0.2) is 30.9 Å². The van der Waals surface area contributed by atoms with Gasteiger partial charge in [-0.15, -0.1) is 0 Å². The summed E-state index contributed by atoms with van der Waals surface area (Å²) in [6.45, 7) is 3.33. The SMILES string of the molecule is Cc1nc(C2CN(c3ccnc(-c4cnc5cnc(C(F)(F)F)cn45)n3)CCO2)n[nH]1. The second-order valence-electron chi connectivity index (χ2n) is 6.96. The third-order valence-corrected chi connectivity index (χ3v) is 4.85. The van der Waals surface area contributed by atoms with E-state index in [1.807, 2.05) is 11.8 Å². The van der Waals surface area contributed by atoms with Crippen molar-refractivity contribution in [1.29, 1.82) is 0 Å². The van der Waals surface area contributed by atoms with Crippen LogP contribution in [-0.2, 0) is 10.9 Å². The van der Waals surface area contributed by atoms with Gasteiger partial charge in [0, 0.05) is 18.9 Å². The van der Waals surface area contributed by atoms with Crippen molar-refractivity contribution in [2.24, 2.45) is 0 Å². The highest BCUT2D eigenvalue weighted by Crippen LogP contribution is 2.29. The van der Waals surface area contributed by atoms with E-state index in [1.165, 1.54) is 10.6 Å². The maximum absolute atomic E-state index is 13.1. The number of hydrogen-bond donors (Lipinski definition) is 1. The van der Waals surface area contributed by atoms with Gasteiger partial charge in [0.1, 0.15) is 23.4 Å². The number of anilines is 1. The zero-order chi connectivity index (χ0) is 21.6. The molecule has 31 heavy (non-hydrogen) atoms. The number of rotatable bonds is 3. The number of aryl methyl sites for hydroxylation is 1. The number of nitrogens with zero attached hydrogens (tertiary/aromatic N) is 8. The van der Waals surface area contributed by atoms with Gasteiger partial charge in [0.2, 0.25) is 0 Å². The van der Waals surface area contributed by atoms with Crippen LogP contribution in [0.3, 0.4) is 0 Å². The van der Waals surface area contributed by atoms with Crippen LogP contribution in [0.25, 0.3) is 17.2 Å². The van der Waals surface area contributed by atoms with Crippen molar-refractivity contribution in [3.63, 3.8) is 0 Å². The molecule has 1 atom stereocenters.